The lowest BCUT2D eigenvalue weighted by Crippen LogP contribution is -2.36. The molecule has 0 aromatic carbocycles. The van der Waals surface area contributed by atoms with E-state index < -0.39 is 0 Å². The van der Waals surface area contributed by atoms with Gasteiger partial charge in [0.2, 0.25) is 5.82 Å². The van der Waals surface area contributed by atoms with Crippen molar-refractivity contribution in [3.63, 3.8) is 0 Å². The predicted molar refractivity (Wildman–Crippen MR) is 80.6 cm³/mol. The molecule has 6 nitrogen and oxygen atoms in total. The molecule has 3 N–H and O–H groups in total. The molecule has 20 heavy (non-hydrogen) atoms. The third-order valence-corrected chi connectivity index (χ3v) is 3.04. The number of anilines is 2. The van der Waals surface area contributed by atoms with Crippen LogP contribution in [-0.4, -0.2) is 18.1 Å². The number of hydrogen-bond acceptors (Lipinski definition) is 5. The molecule has 1 rings (SSSR count). The summed E-state index contributed by atoms with van der Waals surface area (Å²) in [6.07, 6.45) is 7.29. The normalized spacial score (nSPS) is 10.5. The lowest BCUT2D eigenvalue weighted by Gasteiger charge is -2.14. The fourth-order valence-corrected chi connectivity index (χ4v) is 1.96. The SMILES string of the molecule is CCCCCCCCNc1cc(OCC)nc(N)[n+]1[O-]. The molecule has 0 saturated carbocycles. The average Bonchev–Trinajstić information content (AvgIpc) is 2.43. The summed E-state index contributed by atoms with van der Waals surface area (Å²) in [6.45, 7) is 5.31. The van der Waals surface area contributed by atoms with Gasteiger partial charge in [0.15, 0.2) is 0 Å². The largest absolute Gasteiger partial charge is 0.754 e. The molecule has 6 heteroatoms. The molecule has 1 heterocycles. The minimum Gasteiger partial charge on any atom is -0.754 e. The summed E-state index contributed by atoms with van der Waals surface area (Å²) < 4.78 is 5.87. The Hall–Kier alpha value is -1.72. The van der Waals surface area contributed by atoms with Gasteiger partial charge in [-0.2, -0.15) is 0 Å². The van der Waals surface area contributed by atoms with Crippen LogP contribution in [0.5, 0.6) is 5.88 Å². The molecule has 1 aromatic heterocycles. The van der Waals surface area contributed by atoms with Crippen molar-refractivity contribution in [1.82, 2.24) is 4.98 Å². The molecule has 0 saturated heterocycles. The Kier molecular flexibility index (Phi) is 7.54. The van der Waals surface area contributed by atoms with Crippen LogP contribution in [0.3, 0.4) is 0 Å². The van der Waals surface area contributed by atoms with Crippen molar-refractivity contribution >= 4 is 11.8 Å². The second kappa shape index (κ2) is 9.23. The average molecular weight is 282 g/mol. The summed E-state index contributed by atoms with van der Waals surface area (Å²) in [5, 5.41) is 14.8. The van der Waals surface area contributed by atoms with Gasteiger partial charge in [0.1, 0.15) is 0 Å². The standard InChI is InChI=1S/C14H26N4O2/c1-3-5-6-7-8-9-10-16-12-11-13(20-4-2)17-14(15)18(12)19/h11,16H,3-10H2,1-2H3,(H2,15,17). The summed E-state index contributed by atoms with van der Waals surface area (Å²) in [6, 6.07) is 1.59. The Labute approximate surface area is 120 Å². The van der Waals surface area contributed by atoms with E-state index in [4.69, 9.17) is 10.5 Å². The number of nitrogens with one attached hydrogen (secondary N) is 1. The first-order chi connectivity index (χ1) is 9.69. The molecule has 0 atom stereocenters. The maximum absolute atomic E-state index is 11.7. The fraction of sp³-hybridized carbons (Fsp3) is 0.714. The quantitative estimate of drug-likeness (QED) is 0.391. The molecular weight excluding hydrogens is 256 g/mol. The second-order valence-electron chi connectivity index (χ2n) is 4.76. The molecule has 0 aliphatic rings. The molecule has 0 radical (unpaired) electrons. The Morgan fingerprint density at radius 3 is 2.65 bits per heavy atom. The second-order valence-corrected chi connectivity index (χ2v) is 4.76. The van der Waals surface area contributed by atoms with E-state index in [1.54, 1.807) is 6.07 Å². The zero-order valence-corrected chi connectivity index (χ0v) is 12.5. The minimum atomic E-state index is -0.0959. The molecule has 0 aliphatic heterocycles. The highest BCUT2D eigenvalue weighted by Gasteiger charge is 2.10. The Bertz CT molecular complexity index is 399. The first-order valence-corrected chi connectivity index (χ1v) is 7.45. The molecule has 0 unspecified atom stereocenters. The highest BCUT2D eigenvalue weighted by molar-refractivity contribution is 5.36. The van der Waals surface area contributed by atoms with E-state index >= 15 is 0 Å². The van der Waals surface area contributed by atoms with Gasteiger partial charge < -0.3 is 21.0 Å². The van der Waals surface area contributed by atoms with Crippen molar-refractivity contribution in [2.24, 2.45) is 0 Å². The molecular formula is C14H26N4O2. The van der Waals surface area contributed by atoms with E-state index in [-0.39, 0.29) is 5.95 Å². The zero-order chi connectivity index (χ0) is 14.8. The Balaban J connectivity index is 2.38. The summed E-state index contributed by atoms with van der Waals surface area (Å²) in [5.74, 6) is 0.679. The van der Waals surface area contributed by atoms with Gasteiger partial charge >= 0.3 is 5.95 Å². The van der Waals surface area contributed by atoms with Crippen LogP contribution < -0.4 is 20.5 Å². The van der Waals surface area contributed by atoms with Crippen LogP contribution in [0.15, 0.2) is 6.07 Å². The van der Waals surface area contributed by atoms with E-state index in [1.165, 1.54) is 32.1 Å². The molecule has 0 bridgehead atoms. The van der Waals surface area contributed by atoms with Gasteiger partial charge in [-0.25, -0.2) is 4.73 Å². The van der Waals surface area contributed by atoms with E-state index in [0.717, 1.165) is 13.0 Å². The van der Waals surface area contributed by atoms with Gasteiger partial charge in [-0.15, -0.1) is 0 Å². The lowest BCUT2D eigenvalue weighted by atomic mass is 10.1. The topological polar surface area (TPSA) is 87.1 Å². The van der Waals surface area contributed by atoms with Crippen LogP contribution in [0.25, 0.3) is 0 Å². The van der Waals surface area contributed by atoms with Crippen molar-refractivity contribution < 1.29 is 9.47 Å². The van der Waals surface area contributed by atoms with Gasteiger partial charge in [0.25, 0.3) is 5.88 Å². The first-order valence-electron chi connectivity index (χ1n) is 7.45. The summed E-state index contributed by atoms with van der Waals surface area (Å²) in [7, 11) is 0. The van der Waals surface area contributed by atoms with Crippen molar-refractivity contribution in [2.75, 3.05) is 24.2 Å². The number of aromatic nitrogens is 2. The smallest absolute Gasteiger partial charge is 0.347 e. The molecule has 0 fully saturated rings. The van der Waals surface area contributed by atoms with E-state index in [2.05, 4.69) is 17.2 Å². The van der Waals surface area contributed by atoms with Crippen molar-refractivity contribution in [3.05, 3.63) is 11.3 Å². The van der Waals surface area contributed by atoms with Gasteiger partial charge in [0, 0.05) is 6.54 Å². The fourth-order valence-electron chi connectivity index (χ4n) is 1.96. The number of nitrogen functional groups attached to an aromatic ring is 1. The number of nitrogens with zero attached hydrogens (tertiary/aromatic N) is 2. The van der Waals surface area contributed by atoms with Crippen molar-refractivity contribution in [3.8, 4) is 5.88 Å². The van der Waals surface area contributed by atoms with Crippen LogP contribution in [0.1, 0.15) is 52.4 Å². The van der Waals surface area contributed by atoms with Crippen LogP contribution in [0.2, 0.25) is 0 Å². The van der Waals surface area contributed by atoms with Crippen molar-refractivity contribution in [2.45, 2.75) is 52.4 Å². The highest BCUT2D eigenvalue weighted by Crippen LogP contribution is 2.13. The number of nitrogens with two attached hydrogens (primary N) is 1. The Morgan fingerprint density at radius 1 is 1.25 bits per heavy atom. The summed E-state index contributed by atoms with van der Waals surface area (Å²) >= 11 is 0. The van der Waals surface area contributed by atoms with E-state index in [1.807, 2.05) is 6.92 Å². The minimum absolute atomic E-state index is 0.0959. The molecule has 0 aliphatic carbocycles. The van der Waals surface area contributed by atoms with Crippen LogP contribution in [-0.2, 0) is 0 Å². The van der Waals surface area contributed by atoms with Gasteiger partial charge in [-0.3, -0.25) is 0 Å². The maximum Gasteiger partial charge on any atom is 0.347 e. The number of ether oxygens (including phenoxy) is 1. The van der Waals surface area contributed by atoms with E-state index in [9.17, 15) is 5.21 Å². The Morgan fingerprint density at radius 2 is 1.95 bits per heavy atom. The van der Waals surface area contributed by atoms with Gasteiger partial charge in [-0.05, 0) is 13.3 Å². The third-order valence-electron chi connectivity index (χ3n) is 3.04. The maximum atomic E-state index is 11.7. The number of rotatable bonds is 10. The summed E-state index contributed by atoms with van der Waals surface area (Å²) in [5.41, 5.74) is 5.56. The van der Waals surface area contributed by atoms with Crippen LogP contribution in [0.4, 0.5) is 11.8 Å². The third kappa shape index (κ3) is 5.50. The van der Waals surface area contributed by atoms with Gasteiger partial charge in [-0.1, -0.05) is 44.0 Å². The molecule has 1 aromatic rings. The predicted octanol–water partition coefficient (Wildman–Crippen LogP) is 2.47. The summed E-state index contributed by atoms with van der Waals surface area (Å²) in [4.78, 5) is 3.87. The molecule has 0 spiro atoms. The lowest BCUT2D eigenvalue weighted by molar-refractivity contribution is -0.577. The van der Waals surface area contributed by atoms with Crippen LogP contribution >= 0.6 is 0 Å². The van der Waals surface area contributed by atoms with Crippen LogP contribution in [0, 0.1) is 5.21 Å². The van der Waals surface area contributed by atoms with Crippen molar-refractivity contribution in [1.29, 1.82) is 0 Å². The first kappa shape index (κ1) is 16.3. The number of unbranched alkanes of at least 4 members (excludes halogenated alkanes) is 5. The highest BCUT2D eigenvalue weighted by atomic mass is 16.5. The molecule has 114 valence electrons. The molecule has 0 amide bonds. The monoisotopic (exact) mass is 282 g/mol. The number of hydrogen-bond donors (Lipinski definition) is 2. The zero-order valence-electron chi connectivity index (χ0n) is 12.5. The van der Waals surface area contributed by atoms with E-state index in [0.29, 0.717) is 23.0 Å². The van der Waals surface area contributed by atoms with Gasteiger partial charge in [0.05, 0.1) is 12.7 Å².